The van der Waals surface area contributed by atoms with Gasteiger partial charge in [-0.2, -0.15) is 0 Å². The van der Waals surface area contributed by atoms with Crippen LogP contribution in [0.1, 0.15) is 38.5 Å². The molecule has 0 aromatic carbocycles. The molecule has 4 fully saturated rings. The number of carbonyl (C=O) groups excluding carboxylic acids is 2. The molecule has 8 nitrogen and oxygen atoms in total. The van der Waals surface area contributed by atoms with Crippen LogP contribution in [0.25, 0.3) is 0 Å². The van der Waals surface area contributed by atoms with Gasteiger partial charge in [0.25, 0.3) is 0 Å². The predicted octanol–water partition coefficient (Wildman–Crippen LogP) is -0.190. The Kier molecular flexibility index (Phi) is 4.24. The highest BCUT2D eigenvalue weighted by atomic mass is 16.8. The van der Waals surface area contributed by atoms with Gasteiger partial charge in [-0.1, -0.05) is 12.8 Å². The molecule has 0 radical (unpaired) electrons. The van der Waals surface area contributed by atoms with Gasteiger partial charge >= 0.3 is 11.9 Å². The van der Waals surface area contributed by atoms with E-state index in [1.54, 1.807) is 0 Å². The Hall–Kier alpha value is -1.22. The normalized spacial score (nSPS) is 41.3. The molecule has 24 heavy (non-hydrogen) atoms. The first-order valence-electron chi connectivity index (χ1n) is 8.79. The highest BCUT2D eigenvalue weighted by molar-refractivity contribution is 6.29. The topological polar surface area (TPSA) is 95.1 Å². The third-order valence-electron chi connectivity index (χ3n) is 5.54. The third kappa shape index (κ3) is 2.71. The van der Waals surface area contributed by atoms with E-state index in [1.807, 2.05) is 0 Å². The molecule has 0 saturated carbocycles. The van der Waals surface area contributed by atoms with Crippen LogP contribution in [0.3, 0.4) is 0 Å². The standard InChI is InChI=1S/C16H24N2O6/c19-11(23-13-15(9-21-13)5-1-3-7-17-15)12(20)24-14-16(10-22-14)6-2-4-8-18-16/h13-14,17-18H,1-10H2. The number of ether oxygens (including phenoxy) is 4. The zero-order valence-corrected chi connectivity index (χ0v) is 13.7. The summed E-state index contributed by atoms with van der Waals surface area (Å²) in [7, 11) is 0. The maximum Gasteiger partial charge on any atom is 0.419 e. The second-order valence-corrected chi connectivity index (χ2v) is 7.18. The summed E-state index contributed by atoms with van der Waals surface area (Å²) in [6, 6.07) is 0. The number of nitrogens with one attached hydrogen (secondary N) is 2. The van der Waals surface area contributed by atoms with Gasteiger partial charge in [0, 0.05) is 0 Å². The maximum absolute atomic E-state index is 12.0. The largest absolute Gasteiger partial charge is 0.425 e. The molecule has 2 spiro atoms. The van der Waals surface area contributed by atoms with Gasteiger partial charge in [-0.25, -0.2) is 9.59 Å². The Labute approximate surface area is 140 Å². The smallest absolute Gasteiger partial charge is 0.419 e. The molecular formula is C16H24N2O6. The fraction of sp³-hybridized carbons (Fsp3) is 0.875. The zero-order chi connectivity index (χ0) is 16.6. The van der Waals surface area contributed by atoms with E-state index in [0.29, 0.717) is 13.2 Å². The first kappa shape index (κ1) is 16.3. The number of esters is 2. The van der Waals surface area contributed by atoms with Crippen LogP contribution in [0, 0.1) is 0 Å². The van der Waals surface area contributed by atoms with Gasteiger partial charge < -0.3 is 29.6 Å². The summed E-state index contributed by atoms with van der Waals surface area (Å²) in [6.07, 6.45) is 4.61. The minimum absolute atomic E-state index is 0.340. The number of hydrogen-bond donors (Lipinski definition) is 2. The van der Waals surface area contributed by atoms with Gasteiger partial charge in [-0.05, 0) is 38.8 Å². The molecule has 4 heterocycles. The summed E-state index contributed by atoms with van der Waals surface area (Å²) >= 11 is 0. The average Bonchev–Trinajstić information content (AvgIpc) is 2.63. The lowest BCUT2D eigenvalue weighted by molar-refractivity contribution is -0.287. The van der Waals surface area contributed by atoms with Crippen LogP contribution in [0.2, 0.25) is 0 Å². The molecule has 0 aromatic rings. The van der Waals surface area contributed by atoms with Crippen molar-refractivity contribution in [1.82, 2.24) is 10.6 Å². The van der Waals surface area contributed by atoms with E-state index in [1.165, 1.54) is 0 Å². The number of carbonyl (C=O) groups is 2. The number of piperidine rings is 2. The lowest BCUT2D eigenvalue weighted by atomic mass is 9.85. The van der Waals surface area contributed by atoms with Crippen LogP contribution in [0.15, 0.2) is 0 Å². The van der Waals surface area contributed by atoms with Crippen molar-refractivity contribution in [2.24, 2.45) is 0 Å². The molecule has 4 aliphatic heterocycles. The van der Waals surface area contributed by atoms with Crippen molar-refractivity contribution in [1.29, 1.82) is 0 Å². The summed E-state index contributed by atoms with van der Waals surface area (Å²) in [4.78, 5) is 24.1. The van der Waals surface area contributed by atoms with Gasteiger partial charge in [0.15, 0.2) is 0 Å². The van der Waals surface area contributed by atoms with Crippen molar-refractivity contribution >= 4 is 11.9 Å². The first-order valence-corrected chi connectivity index (χ1v) is 8.79. The Morgan fingerprint density at radius 3 is 1.54 bits per heavy atom. The summed E-state index contributed by atoms with van der Waals surface area (Å²) in [6.45, 7) is 2.73. The fourth-order valence-corrected chi connectivity index (χ4v) is 3.92. The molecule has 4 aliphatic rings. The number of rotatable bonds is 2. The molecular weight excluding hydrogens is 316 g/mol. The van der Waals surface area contributed by atoms with Crippen molar-refractivity contribution in [2.45, 2.75) is 62.2 Å². The third-order valence-corrected chi connectivity index (χ3v) is 5.54. The summed E-state index contributed by atoms with van der Waals surface area (Å²) in [5, 5.41) is 6.69. The SMILES string of the molecule is O=C(OC1OCC12CCCCN2)C(=O)OC1OCC12CCCCN2. The Balaban J connectivity index is 1.29. The van der Waals surface area contributed by atoms with Gasteiger partial charge in [0.2, 0.25) is 12.6 Å². The van der Waals surface area contributed by atoms with E-state index in [2.05, 4.69) is 10.6 Å². The van der Waals surface area contributed by atoms with Crippen molar-refractivity contribution < 1.29 is 28.5 Å². The quantitative estimate of drug-likeness (QED) is 0.528. The molecule has 0 aliphatic carbocycles. The lowest BCUT2D eigenvalue weighted by Crippen LogP contribution is -2.70. The van der Waals surface area contributed by atoms with E-state index >= 15 is 0 Å². The molecule has 8 heteroatoms. The van der Waals surface area contributed by atoms with Gasteiger partial charge in [-0.15, -0.1) is 0 Å². The monoisotopic (exact) mass is 340 g/mol. The summed E-state index contributed by atoms with van der Waals surface area (Å²) in [5.41, 5.74) is -0.680. The summed E-state index contributed by atoms with van der Waals surface area (Å²) < 4.78 is 21.1. The molecule has 4 saturated heterocycles. The number of hydrogen-bond acceptors (Lipinski definition) is 8. The second-order valence-electron chi connectivity index (χ2n) is 7.18. The van der Waals surface area contributed by atoms with Gasteiger partial charge in [0.05, 0.1) is 13.2 Å². The van der Waals surface area contributed by atoms with E-state index in [9.17, 15) is 9.59 Å². The highest BCUT2D eigenvalue weighted by Crippen LogP contribution is 2.36. The van der Waals surface area contributed by atoms with E-state index in [4.69, 9.17) is 18.9 Å². The summed E-state index contributed by atoms with van der Waals surface area (Å²) in [5.74, 6) is -2.04. The molecule has 0 amide bonds. The highest BCUT2D eigenvalue weighted by Gasteiger charge is 2.54. The maximum atomic E-state index is 12.0. The Bertz CT molecular complexity index is 467. The minimum atomic E-state index is -1.02. The molecule has 0 aromatic heterocycles. The molecule has 4 unspecified atom stereocenters. The van der Waals surface area contributed by atoms with Crippen LogP contribution in [-0.2, 0) is 28.5 Å². The van der Waals surface area contributed by atoms with Gasteiger partial charge in [0.1, 0.15) is 11.1 Å². The molecule has 4 rings (SSSR count). The van der Waals surface area contributed by atoms with E-state index in [0.717, 1.165) is 51.6 Å². The van der Waals surface area contributed by atoms with Crippen molar-refractivity contribution in [3.05, 3.63) is 0 Å². The van der Waals surface area contributed by atoms with Crippen LogP contribution >= 0.6 is 0 Å². The molecule has 134 valence electrons. The lowest BCUT2D eigenvalue weighted by Gasteiger charge is -2.51. The molecule has 4 atom stereocenters. The Morgan fingerprint density at radius 1 is 0.792 bits per heavy atom. The minimum Gasteiger partial charge on any atom is -0.425 e. The van der Waals surface area contributed by atoms with E-state index < -0.39 is 24.5 Å². The van der Waals surface area contributed by atoms with Crippen molar-refractivity contribution in [3.8, 4) is 0 Å². The van der Waals surface area contributed by atoms with Gasteiger partial charge in [-0.3, -0.25) is 0 Å². The van der Waals surface area contributed by atoms with Crippen LogP contribution < -0.4 is 10.6 Å². The molecule has 2 N–H and O–H groups in total. The zero-order valence-electron chi connectivity index (χ0n) is 13.7. The van der Waals surface area contributed by atoms with Crippen molar-refractivity contribution in [2.75, 3.05) is 26.3 Å². The van der Waals surface area contributed by atoms with E-state index in [-0.39, 0.29) is 11.1 Å². The average molecular weight is 340 g/mol. The predicted molar refractivity (Wildman–Crippen MR) is 80.8 cm³/mol. The fourth-order valence-electron chi connectivity index (χ4n) is 3.92. The van der Waals surface area contributed by atoms with Crippen LogP contribution in [-0.4, -0.2) is 61.9 Å². The molecule has 0 bridgehead atoms. The van der Waals surface area contributed by atoms with Crippen LogP contribution in [0.5, 0.6) is 0 Å². The second kappa shape index (κ2) is 6.25. The Morgan fingerprint density at radius 2 is 1.25 bits per heavy atom. The van der Waals surface area contributed by atoms with Crippen molar-refractivity contribution in [3.63, 3.8) is 0 Å². The first-order chi connectivity index (χ1) is 11.6. The van der Waals surface area contributed by atoms with Crippen LogP contribution in [0.4, 0.5) is 0 Å².